The minimum atomic E-state index is -3.76. The van der Waals surface area contributed by atoms with Crippen molar-refractivity contribution in [2.45, 2.75) is 115 Å². The standard InChI is InChI=1S/C24H24ClN5O3S2.C24H25FN6O3S2.C24H24FN5O3S2.C21H18ClFN4O3S2.7H2/c1-17(30-11-9-18-3-2-4-21(25)22(18)30)23(31)29-14-12-28(13-15-29)19-5-7-20(8-6-19)35(32,33)27-24-26-10-16-34-24;1-16(31-14-11-20-21(25)3-2-4-22(20)31)23(32)28-17-9-12-30(13-10-17)18-5-7-19(8-6-18)36(33,34)29-24-26-15-27-35-24;1-16(30-14-11-20-21(25)3-2-4-22(20)30)23(31)29-12-9-18(10-13-29)17-5-7-19(8-6-17)35(32,33)28-24-26-15-27-34-24;22-19-15-7-10-27(17(15)6-5-16(19)23)18-8-11-26(20(18)28)13-1-3-14(4-2-13)32(29,30)25-21-24-9-12-31-21;;;;;;;/h2-11,16-17H,12-15H2,1H3,(H,26,27);2-8,11,14-17H,9-10,12-13H2,1H3,(H,28,32)(H,26,27,29);2-8,11,14-16,18H,9-10,12-13H2,1H3,(H,26,27,28);1-6,9,12,18H,7-8,10-11H2,(H,24,25);7*1H/t;2*16-;18-;;;;;;;/m.010......./s1. The van der Waals surface area contributed by atoms with Crippen molar-refractivity contribution in [3.05, 3.63) is 275 Å². The second-order valence-corrected chi connectivity index (χ2v) is 44.0. The molecular weight excluding hydrogens is 1970 g/mol. The van der Waals surface area contributed by atoms with Crippen molar-refractivity contribution in [2.24, 2.45) is 0 Å². The Morgan fingerprint density at radius 2 is 0.920 bits per heavy atom. The van der Waals surface area contributed by atoms with Gasteiger partial charge in [-0.2, -0.15) is 8.75 Å². The molecule has 4 atom stereocenters. The van der Waals surface area contributed by atoms with Gasteiger partial charge in [-0.25, -0.2) is 66.8 Å². The molecule has 4 saturated heterocycles. The number of carbonyl (C=O) groups excluding carboxylic acids is 4. The molecule has 15 aromatic rings. The van der Waals surface area contributed by atoms with Gasteiger partial charge in [0.25, 0.3) is 40.1 Å². The number of hydrogen-bond donors (Lipinski definition) is 5. The number of piperidine rings is 2. The molecule has 12 heterocycles. The van der Waals surface area contributed by atoms with Gasteiger partial charge >= 0.3 is 0 Å². The van der Waals surface area contributed by atoms with Gasteiger partial charge in [-0.3, -0.25) is 38.1 Å². The largest absolute Gasteiger partial charge is 0.371 e. The summed E-state index contributed by atoms with van der Waals surface area (Å²) >= 11 is 16.9. The van der Waals surface area contributed by atoms with Gasteiger partial charge in [0.1, 0.15) is 54.3 Å². The smallest absolute Gasteiger partial charge is 0.263 e. The quantitative estimate of drug-likeness (QED) is 0.0375. The highest BCUT2D eigenvalue weighted by Gasteiger charge is 2.41. The molecule has 4 fully saturated rings. The number of rotatable bonds is 24. The lowest BCUT2D eigenvalue weighted by Crippen LogP contribution is -2.50. The summed E-state index contributed by atoms with van der Waals surface area (Å²) in [5, 5.41) is 10.3. The van der Waals surface area contributed by atoms with Gasteiger partial charge in [-0.05, 0) is 222 Å². The number of thiazole rings is 2. The zero-order chi connectivity index (χ0) is 96.9. The Kier molecular flexibility index (Phi) is 29.3. The summed E-state index contributed by atoms with van der Waals surface area (Å²) in [6, 6.07) is 48.8. The average Bonchev–Trinajstić information content (AvgIpc) is 1.61. The van der Waals surface area contributed by atoms with Gasteiger partial charge in [0.2, 0.25) is 33.9 Å². The highest BCUT2D eigenvalue weighted by Crippen LogP contribution is 2.41. The van der Waals surface area contributed by atoms with Crippen LogP contribution in [0.4, 0.5) is 56.4 Å². The van der Waals surface area contributed by atoms with Crippen LogP contribution in [0.25, 0.3) is 32.7 Å². The minimum absolute atomic E-state index is 0. The molecule has 0 radical (unpaired) electrons. The van der Waals surface area contributed by atoms with Crippen molar-refractivity contribution in [3.63, 3.8) is 0 Å². The van der Waals surface area contributed by atoms with Crippen LogP contribution >= 0.6 is 68.9 Å². The van der Waals surface area contributed by atoms with E-state index in [1.165, 1.54) is 71.9 Å². The second-order valence-electron chi connectivity index (χ2n) is 33.1. The van der Waals surface area contributed by atoms with Gasteiger partial charge in [-0.15, -0.1) is 22.7 Å². The van der Waals surface area contributed by atoms with Crippen molar-refractivity contribution >= 4 is 209 Å². The molecule has 0 spiro atoms. The highest BCUT2D eigenvalue weighted by atomic mass is 35.5. The van der Waals surface area contributed by atoms with Gasteiger partial charge < -0.3 is 48.4 Å². The fraction of sp³-hybridized carbons (Fsp3) is 0.269. The van der Waals surface area contributed by atoms with Crippen molar-refractivity contribution in [3.8, 4) is 0 Å². The molecule has 32 nitrogen and oxygen atoms in total. The molecule has 7 aromatic heterocycles. The zero-order valence-corrected chi connectivity index (χ0v) is 82.1. The Hall–Kier alpha value is -12.6. The van der Waals surface area contributed by atoms with E-state index in [-0.39, 0.29) is 109 Å². The molecule has 0 aliphatic carbocycles. The number of hydrogen-bond acceptors (Lipinski definition) is 25. The number of amides is 4. The third kappa shape index (κ3) is 21.5. The SMILES string of the molecule is CC(C(=O)N1CCN(c2ccc(S(=O)(=O)Nc3nccs3)cc2)CC1)n1ccc2cccc(Cl)c21.C[C@@H](C(=O)NC1CCN(c2ccc(S(=O)(=O)Nc3ncns3)cc2)CC1)n1ccc2c(F)cccc21.C[C@H](C(=O)N1CCC(c2ccc(S(=O)(=O)Nc3ncns3)cc2)CC1)n1ccc2c(F)cccc21.O=C1[C@@H](N2CCc3c2ccc(F)c3Cl)CCN1c1ccc(S(=O)(=O)Nc2nccs2)cc1.[HH].[HH].[HH].[HH].[HH].[HH].[HH]. The summed E-state index contributed by atoms with van der Waals surface area (Å²) < 4.78 is 165. The lowest BCUT2D eigenvalue weighted by Gasteiger charge is -2.37. The maximum atomic E-state index is 14.0. The molecule has 138 heavy (non-hydrogen) atoms. The van der Waals surface area contributed by atoms with Crippen LogP contribution in [0, 0.1) is 17.5 Å². The van der Waals surface area contributed by atoms with Crippen molar-refractivity contribution < 1.29 is 76.0 Å². The highest BCUT2D eigenvalue weighted by molar-refractivity contribution is 7.93. The molecule has 1 unspecified atom stereocenters. The maximum Gasteiger partial charge on any atom is 0.263 e. The molecule has 20 rings (SSSR count). The maximum absolute atomic E-state index is 14.0. The Bertz CT molecular complexity index is 7430. The molecule has 4 amide bonds. The second kappa shape index (κ2) is 41.6. The summed E-state index contributed by atoms with van der Waals surface area (Å²) in [5.41, 5.74) is 7.31. The number of halogens is 5. The van der Waals surface area contributed by atoms with Gasteiger partial charge in [-0.1, -0.05) is 59.6 Å². The summed E-state index contributed by atoms with van der Waals surface area (Å²) in [4.78, 5) is 80.4. The molecule has 5 N–H and O–H groups in total. The van der Waals surface area contributed by atoms with E-state index in [0.717, 1.165) is 101 Å². The number of benzene rings is 8. The first kappa shape index (κ1) is 97.1. The molecule has 5 aliphatic rings. The summed E-state index contributed by atoms with van der Waals surface area (Å²) in [6.45, 7) is 11.8. The van der Waals surface area contributed by atoms with Gasteiger partial charge in [0.05, 0.1) is 46.2 Å². The number of anilines is 8. The van der Waals surface area contributed by atoms with E-state index in [9.17, 15) is 66.0 Å². The number of fused-ring (bicyclic) bond motifs is 4. The lowest BCUT2D eigenvalue weighted by molar-refractivity contribution is -0.135. The fourth-order valence-electron chi connectivity index (χ4n) is 17.6. The van der Waals surface area contributed by atoms with Crippen molar-refractivity contribution in [1.82, 2.24) is 57.5 Å². The molecular formula is C93H105Cl2F3N20O12S8. The van der Waals surface area contributed by atoms with E-state index in [2.05, 4.69) is 62.7 Å². The molecule has 0 bridgehead atoms. The predicted octanol–water partition coefficient (Wildman–Crippen LogP) is 18.3. The van der Waals surface area contributed by atoms with E-state index in [4.69, 9.17) is 23.2 Å². The van der Waals surface area contributed by atoms with E-state index in [1.807, 2.05) is 99.3 Å². The number of piperazine rings is 1. The number of nitrogens with one attached hydrogen (secondary N) is 5. The number of nitrogens with zero attached hydrogens (tertiary/aromatic N) is 15. The number of likely N-dealkylation sites (tertiary alicyclic amines) is 1. The first-order chi connectivity index (χ1) is 66.3. The Labute approximate surface area is 830 Å². The van der Waals surface area contributed by atoms with Crippen molar-refractivity contribution in [2.75, 3.05) is 104 Å². The van der Waals surface area contributed by atoms with Crippen LogP contribution in [-0.2, 0) is 65.7 Å². The number of carbonyl (C=O) groups is 4. The van der Waals surface area contributed by atoms with E-state index in [1.54, 1.807) is 142 Å². The molecule has 732 valence electrons. The minimum Gasteiger partial charge on any atom is -0.371 e. The number of aromatic nitrogens is 9. The number of para-hydroxylation sites is 1. The van der Waals surface area contributed by atoms with Crippen LogP contribution in [0.5, 0.6) is 0 Å². The van der Waals surface area contributed by atoms with Crippen LogP contribution in [-0.4, -0.2) is 187 Å². The summed E-state index contributed by atoms with van der Waals surface area (Å²) in [6.07, 6.45) is 15.4. The normalized spacial score (nSPS) is 16.3. The van der Waals surface area contributed by atoms with Crippen LogP contribution in [0.2, 0.25) is 10.0 Å². The predicted molar refractivity (Wildman–Crippen MR) is 547 cm³/mol. The van der Waals surface area contributed by atoms with E-state index in [0.29, 0.717) is 103 Å². The topological polar surface area (TPSA) is 377 Å². The first-order valence-electron chi connectivity index (χ1n) is 43.8. The molecule has 5 aliphatic heterocycles. The first-order valence-corrected chi connectivity index (χ1v) is 53.8. The van der Waals surface area contributed by atoms with Crippen LogP contribution in [0.3, 0.4) is 0 Å². The average molecular weight is 2080 g/mol. The van der Waals surface area contributed by atoms with Crippen LogP contribution < -0.4 is 43.8 Å². The fourth-order valence-corrected chi connectivity index (χ4v) is 25.1. The van der Waals surface area contributed by atoms with Gasteiger partial charge in [0.15, 0.2) is 10.3 Å². The molecule has 0 saturated carbocycles. The van der Waals surface area contributed by atoms with Gasteiger partial charge in [0, 0.05) is 185 Å². The molecule has 8 aromatic carbocycles. The third-order valence-corrected chi connectivity index (χ3v) is 34.1. The third-order valence-electron chi connectivity index (χ3n) is 25.0. The summed E-state index contributed by atoms with van der Waals surface area (Å²) in [7, 11) is -14.9. The van der Waals surface area contributed by atoms with E-state index < -0.39 is 58.0 Å². The number of sulfonamides is 4. The summed E-state index contributed by atoms with van der Waals surface area (Å²) in [5.74, 6) is -0.926. The van der Waals surface area contributed by atoms with Crippen LogP contribution in [0.15, 0.2) is 256 Å². The monoisotopic (exact) mass is 2080 g/mol. The van der Waals surface area contributed by atoms with Crippen molar-refractivity contribution in [1.29, 1.82) is 0 Å². The Morgan fingerprint density at radius 3 is 1.42 bits per heavy atom. The van der Waals surface area contributed by atoms with E-state index >= 15 is 0 Å². The molecule has 45 heteroatoms. The zero-order valence-electron chi connectivity index (χ0n) is 74.1. The lowest BCUT2D eigenvalue weighted by atomic mass is 9.89. The van der Waals surface area contributed by atoms with Crippen LogP contribution in [0.1, 0.15) is 98.0 Å². The Morgan fingerprint density at radius 1 is 0.457 bits per heavy atom. The Balaban J connectivity index is 0.000000195.